The molecule has 0 aromatic heterocycles. The van der Waals surface area contributed by atoms with Crippen LogP contribution < -0.4 is 5.32 Å². The molecular weight excluding hydrogens is 288 g/mol. The third-order valence-corrected chi connectivity index (χ3v) is 3.73. The fourth-order valence-corrected chi connectivity index (χ4v) is 2.36. The zero-order valence-electron chi connectivity index (χ0n) is 13.1. The highest BCUT2D eigenvalue weighted by molar-refractivity contribution is 5.69. The van der Waals surface area contributed by atoms with Gasteiger partial charge in [0.1, 0.15) is 0 Å². The number of rotatable bonds is 11. The molecule has 0 radical (unpaired) electrons. The molecule has 2 N–H and O–H groups in total. The Morgan fingerprint density at radius 1 is 1.18 bits per heavy atom. The molecule has 0 heterocycles. The molecule has 1 unspecified atom stereocenters. The summed E-state index contributed by atoms with van der Waals surface area (Å²) < 4.78 is 25.8. The predicted molar refractivity (Wildman–Crippen MR) is 82.8 cm³/mol. The van der Waals surface area contributed by atoms with E-state index in [0.29, 0.717) is 19.4 Å². The van der Waals surface area contributed by atoms with Crippen molar-refractivity contribution in [1.82, 2.24) is 5.32 Å². The van der Waals surface area contributed by atoms with Gasteiger partial charge in [-0.15, -0.1) is 0 Å². The second-order valence-electron chi connectivity index (χ2n) is 5.57. The third-order valence-electron chi connectivity index (χ3n) is 3.73. The van der Waals surface area contributed by atoms with Crippen molar-refractivity contribution in [3.8, 4) is 0 Å². The quantitative estimate of drug-likeness (QED) is 0.611. The summed E-state index contributed by atoms with van der Waals surface area (Å²) in [5.41, 5.74) is 0.770. The topological polar surface area (TPSA) is 49.3 Å². The summed E-state index contributed by atoms with van der Waals surface area (Å²) in [5, 5.41) is 12.3. The van der Waals surface area contributed by atoms with Crippen molar-refractivity contribution in [1.29, 1.82) is 0 Å². The summed E-state index contributed by atoms with van der Waals surface area (Å²) in [6.07, 6.45) is 4.77. The maximum atomic E-state index is 13.0. The maximum Gasteiger partial charge on any atom is 0.306 e. The van der Waals surface area contributed by atoms with Crippen molar-refractivity contribution < 1.29 is 18.7 Å². The van der Waals surface area contributed by atoms with Crippen LogP contribution in [0.15, 0.2) is 18.2 Å². The number of carboxylic acid groups (broad SMARTS) is 1. The van der Waals surface area contributed by atoms with E-state index in [1.54, 1.807) is 6.07 Å². The Hall–Kier alpha value is -1.49. The van der Waals surface area contributed by atoms with Gasteiger partial charge in [-0.05, 0) is 56.5 Å². The summed E-state index contributed by atoms with van der Waals surface area (Å²) in [5.74, 6) is -2.64. The summed E-state index contributed by atoms with van der Waals surface area (Å²) >= 11 is 0. The molecule has 0 aliphatic carbocycles. The van der Waals surface area contributed by atoms with Crippen LogP contribution >= 0.6 is 0 Å². The van der Waals surface area contributed by atoms with Crippen molar-refractivity contribution in [2.45, 2.75) is 45.4 Å². The standard InChI is InChI=1S/C17H25F2NO2/c1-2-3-6-14(17(21)22)9-11-20-10-4-5-13-7-8-15(18)16(19)12-13/h7-8,12,14,20H,2-6,9-11H2,1H3,(H,21,22). The first-order chi connectivity index (χ1) is 10.5. The minimum atomic E-state index is -0.825. The Balaban J connectivity index is 2.16. The number of unbranched alkanes of at least 4 members (excludes halogenated alkanes) is 1. The highest BCUT2D eigenvalue weighted by Crippen LogP contribution is 2.13. The van der Waals surface area contributed by atoms with Crippen molar-refractivity contribution in [3.05, 3.63) is 35.4 Å². The van der Waals surface area contributed by atoms with Gasteiger partial charge in [0.2, 0.25) is 0 Å². The van der Waals surface area contributed by atoms with E-state index in [1.807, 2.05) is 0 Å². The summed E-state index contributed by atoms with van der Waals surface area (Å²) in [7, 11) is 0. The Bertz CT molecular complexity index is 466. The Morgan fingerprint density at radius 3 is 2.59 bits per heavy atom. The average Bonchev–Trinajstić information content (AvgIpc) is 2.48. The highest BCUT2D eigenvalue weighted by atomic mass is 19.2. The number of hydrogen-bond acceptors (Lipinski definition) is 2. The van der Waals surface area contributed by atoms with Crippen LogP contribution in [0.2, 0.25) is 0 Å². The lowest BCUT2D eigenvalue weighted by Crippen LogP contribution is -2.23. The van der Waals surface area contributed by atoms with Crippen LogP contribution in [0, 0.1) is 17.6 Å². The molecule has 0 saturated heterocycles. The number of aryl methyl sites for hydroxylation is 1. The van der Waals surface area contributed by atoms with Gasteiger partial charge in [0.25, 0.3) is 0 Å². The van der Waals surface area contributed by atoms with Gasteiger partial charge in [-0.2, -0.15) is 0 Å². The first-order valence-electron chi connectivity index (χ1n) is 7.92. The number of carbonyl (C=O) groups is 1. The fourth-order valence-electron chi connectivity index (χ4n) is 2.36. The summed E-state index contributed by atoms with van der Waals surface area (Å²) in [6, 6.07) is 3.95. The first-order valence-corrected chi connectivity index (χ1v) is 7.92. The van der Waals surface area contributed by atoms with Gasteiger partial charge < -0.3 is 10.4 Å². The minimum absolute atomic E-state index is 0.279. The SMILES string of the molecule is CCCCC(CCNCCCc1ccc(F)c(F)c1)C(=O)O. The average molecular weight is 313 g/mol. The van der Waals surface area contributed by atoms with Crippen LogP contribution in [0.1, 0.15) is 44.6 Å². The van der Waals surface area contributed by atoms with Gasteiger partial charge in [-0.25, -0.2) is 8.78 Å². The molecular formula is C17H25F2NO2. The molecule has 0 aliphatic rings. The zero-order valence-corrected chi connectivity index (χ0v) is 13.1. The normalized spacial score (nSPS) is 12.3. The molecule has 5 heteroatoms. The van der Waals surface area contributed by atoms with E-state index < -0.39 is 17.6 Å². The second kappa shape index (κ2) is 10.3. The van der Waals surface area contributed by atoms with Gasteiger partial charge >= 0.3 is 5.97 Å². The van der Waals surface area contributed by atoms with E-state index in [-0.39, 0.29) is 5.92 Å². The molecule has 0 spiro atoms. The van der Waals surface area contributed by atoms with E-state index in [9.17, 15) is 13.6 Å². The van der Waals surface area contributed by atoms with Crippen molar-refractivity contribution in [2.24, 2.45) is 5.92 Å². The van der Waals surface area contributed by atoms with Crippen molar-refractivity contribution in [3.63, 3.8) is 0 Å². The number of carboxylic acids is 1. The summed E-state index contributed by atoms with van der Waals surface area (Å²) in [4.78, 5) is 11.1. The number of hydrogen-bond donors (Lipinski definition) is 2. The van der Waals surface area contributed by atoms with Crippen LogP contribution in [0.25, 0.3) is 0 Å². The second-order valence-corrected chi connectivity index (χ2v) is 5.57. The monoisotopic (exact) mass is 313 g/mol. The van der Waals surface area contributed by atoms with Crippen molar-refractivity contribution >= 4 is 5.97 Å². The number of nitrogens with one attached hydrogen (secondary N) is 1. The number of halogens is 2. The molecule has 0 amide bonds. The predicted octanol–water partition coefficient (Wildman–Crippen LogP) is 3.77. The van der Waals surface area contributed by atoms with Gasteiger partial charge in [-0.3, -0.25) is 4.79 Å². The smallest absolute Gasteiger partial charge is 0.306 e. The molecule has 22 heavy (non-hydrogen) atoms. The van der Waals surface area contributed by atoms with Gasteiger partial charge in [0, 0.05) is 0 Å². The van der Waals surface area contributed by atoms with Crippen LogP contribution in [0.3, 0.4) is 0 Å². The van der Waals surface area contributed by atoms with Gasteiger partial charge in [0.05, 0.1) is 5.92 Å². The van der Waals surface area contributed by atoms with Crippen LogP contribution in [-0.4, -0.2) is 24.2 Å². The van der Waals surface area contributed by atoms with E-state index in [4.69, 9.17) is 5.11 Å². The molecule has 0 aliphatic heterocycles. The lowest BCUT2D eigenvalue weighted by molar-refractivity contribution is -0.142. The highest BCUT2D eigenvalue weighted by Gasteiger charge is 2.15. The molecule has 0 saturated carbocycles. The third kappa shape index (κ3) is 6.98. The molecule has 1 aromatic rings. The summed E-state index contributed by atoms with van der Waals surface area (Å²) in [6.45, 7) is 3.45. The van der Waals surface area contributed by atoms with Crippen LogP contribution in [-0.2, 0) is 11.2 Å². The lowest BCUT2D eigenvalue weighted by atomic mass is 9.99. The molecule has 1 aromatic carbocycles. The van der Waals surface area contributed by atoms with E-state index in [0.717, 1.165) is 43.9 Å². The lowest BCUT2D eigenvalue weighted by Gasteiger charge is -2.12. The van der Waals surface area contributed by atoms with Gasteiger partial charge in [-0.1, -0.05) is 25.8 Å². The van der Waals surface area contributed by atoms with E-state index >= 15 is 0 Å². The minimum Gasteiger partial charge on any atom is -0.481 e. The van der Waals surface area contributed by atoms with Gasteiger partial charge in [0.15, 0.2) is 11.6 Å². The van der Waals surface area contributed by atoms with E-state index in [2.05, 4.69) is 12.2 Å². The Kier molecular flexibility index (Phi) is 8.67. The Morgan fingerprint density at radius 2 is 1.95 bits per heavy atom. The fraction of sp³-hybridized carbons (Fsp3) is 0.588. The molecule has 0 fully saturated rings. The van der Waals surface area contributed by atoms with Crippen LogP contribution in [0.4, 0.5) is 8.78 Å². The molecule has 1 rings (SSSR count). The van der Waals surface area contributed by atoms with E-state index in [1.165, 1.54) is 6.07 Å². The van der Waals surface area contributed by atoms with Crippen LogP contribution in [0.5, 0.6) is 0 Å². The molecule has 124 valence electrons. The molecule has 0 bridgehead atoms. The van der Waals surface area contributed by atoms with Crippen molar-refractivity contribution in [2.75, 3.05) is 13.1 Å². The molecule has 1 atom stereocenters. The maximum absolute atomic E-state index is 13.0. The number of aliphatic carboxylic acids is 1. The Labute approximate surface area is 130 Å². The molecule has 3 nitrogen and oxygen atoms in total. The zero-order chi connectivity index (χ0) is 16.4. The largest absolute Gasteiger partial charge is 0.481 e. The number of benzene rings is 1. The first kappa shape index (κ1) is 18.6.